The van der Waals surface area contributed by atoms with E-state index in [0.29, 0.717) is 28.3 Å². The van der Waals surface area contributed by atoms with Crippen LogP contribution in [0.2, 0.25) is 0 Å². The lowest BCUT2D eigenvalue weighted by Crippen LogP contribution is -2.33. The van der Waals surface area contributed by atoms with E-state index in [4.69, 9.17) is 4.74 Å². The Hall–Kier alpha value is -1.11. The zero-order valence-electron chi connectivity index (χ0n) is 14.4. The summed E-state index contributed by atoms with van der Waals surface area (Å²) in [5.41, 5.74) is 1.43. The number of methoxy groups -OCH3 is 1. The molecule has 1 heterocycles. The third-order valence-electron chi connectivity index (χ3n) is 4.33. The highest BCUT2D eigenvalue weighted by molar-refractivity contribution is 7.89. The molecule has 6 heteroatoms. The number of hydrogen-bond acceptors (Lipinski definition) is 4. The molecule has 1 N–H and O–H groups in total. The molecule has 0 atom stereocenters. The van der Waals surface area contributed by atoms with Crippen molar-refractivity contribution in [3.05, 3.63) is 23.3 Å². The molecule has 1 aliphatic rings. The number of nitrogens with zero attached hydrogens (tertiary/aromatic N) is 1. The fourth-order valence-electron chi connectivity index (χ4n) is 3.22. The SMILES string of the molecule is COc1cc(C)c(S(=O)(=O)NCCCN2CCCCC2)c(C)c1. The fraction of sp³-hybridized carbons (Fsp3) is 0.647. The maximum atomic E-state index is 12.6. The van der Waals surface area contributed by atoms with Crippen LogP contribution in [-0.4, -0.2) is 46.6 Å². The molecule has 1 aliphatic heterocycles. The van der Waals surface area contributed by atoms with Gasteiger partial charge in [-0.2, -0.15) is 0 Å². The van der Waals surface area contributed by atoms with Crippen LogP contribution in [0, 0.1) is 13.8 Å². The Kier molecular flexibility index (Phi) is 6.44. The van der Waals surface area contributed by atoms with Gasteiger partial charge in [0.2, 0.25) is 10.0 Å². The average Bonchev–Trinajstić information content (AvgIpc) is 2.51. The largest absolute Gasteiger partial charge is 0.497 e. The number of piperidine rings is 1. The van der Waals surface area contributed by atoms with Gasteiger partial charge in [0.05, 0.1) is 12.0 Å². The van der Waals surface area contributed by atoms with Crippen molar-refractivity contribution >= 4 is 10.0 Å². The van der Waals surface area contributed by atoms with Crippen LogP contribution in [0.3, 0.4) is 0 Å². The summed E-state index contributed by atoms with van der Waals surface area (Å²) in [4.78, 5) is 2.79. The Morgan fingerprint density at radius 1 is 1.13 bits per heavy atom. The second kappa shape index (κ2) is 8.13. The van der Waals surface area contributed by atoms with Gasteiger partial charge < -0.3 is 9.64 Å². The van der Waals surface area contributed by atoms with Gasteiger partial charge in [-0.3, -0.25) is 0 Å². The van der Waals surface area contributed by atoms with Gasteiger partial charge in [0.1, 0.15) is 5.75 Å². The second-order valence-corrected chi connectivity index (χ2v) is 7.95. The van der Waals surface area contributed by atoms with Crippen molar-refractivity contribution in [3.8, 4) is 5.75 Å². The monoisotopic (exact) mass is 340 g/mol. The van der Waals surface area contributed by atoms with Crippen molar-refractivity contribution in [2.75, 3.05) is 33.3 Å². The minimum absolute atomic E-state index is 0.372. The topological polar surface area (TPSA) is 58.6 Å². The minimum atomic E-state index is -3.47. The van der Waals surface area contributed by atoms with Crippen LogP contribution in [0.5, 0.6) is 5.75 Å². The highest BCUT2D eigenvalue weighted by Gasteiger charge is 2.20. The Bertz CT molecular complexity index is 600. The van der Waals surface area contributed by atoms with E-state index in [1.165, 1.54) is 19.3 Å². The highest BCUT2D eigenvalue weighted by atomic mass is 32.2. The van der Waals surface area contributed by atoms with Crippen LogP contribution in [0.4, 0.5) is 0 Å². The first kappa shape index (κ1) is 18.2. The third kappa shape index (κ3) is 4.93. The van der Waals surface area contributed by atoms with E-state index < -0.39 is 10.0 Å². The summed E-state index contributed by atoms with van der Waals surface area (Å²) >= 11 is 0. The number of likely N-dealkylation sites (tertiary alicyclic amines) is 1. The Morgan fingerprint density at radius 2 is 1.74 bits per heavy atom. The molecule has 5 nitrogen and oxygen atoms in total. The van der Waals surface area contributed by atoms with E-state index >= 15 is 0 Å². The number of nitrogens with one attached hydrogen (secondary N) is 1. The molecule has 2 rings (SSSR count). The molecule has 0 saturated carbocycles. The van der Waals surface area contributed by atoms with E-state index in [1.807, 2.05) is 0 Å². The predicted octanol–water partition coefficient (Wildman–Crippen LogP) is 2.47. The molecule has 0 radical (unpaired) electrons. The molecule has 1 saturated heterocycles. The van der Waals surface area contributed by atoms with Gasteiger partial charge in [0.15, 0.2) is 0 Å². The Labute approximate surface area is 140 Å². The average molecular weight is 340 g/mol. The normalized spacial score (nSPS) is 16.5. The maximum absolute atomic E-state index is 12.6. The van der Waals surface area contributed by atoms with Crippen molar-refractivity contribution in [1.29, 1.82) is 0 Å². The van der Waals surface area contributed by atoms with Crippen LogP contribution < -0.4 is 9.46 Å². The van der Waals surface area contributed by atoms with Crippen LogP contribution in [0.25, 0.3) is 0 Å². The lowest BCUT2D eigenvalue weighted by Gasteiger charge is -2.26. The molecule has 0 aromatic heterocycles. The first-order valence-electron chi connectivity index (χ1n) is 8.31. The van der Waals surface area contributed by atoms with E-state index in [1.54, 1.807) is 33.1 Å². The number of rotatable bonds is 7. The molecule has 0 bridgehead atoms. The van der Waals surface area contributed by atoms with E-state index in [0.717, 1.165) is 26.1 Å². The second-order valence-electron chi connectivity index (χ2n) is 6.24. The van der Waals surface area contributed by atoms with Crippen LogP contribution in [0.1, 0.15) is 36.8 Å². The lowest BCUT2D eigenvalue weighted by molar-refractivity contribution is 0.227. The zero-order chi connectivity index (χ0) is 16.9. The van der Waals surface area contributed by atoms with Crippen molar-refractivity contribution in [3.63, 3.8) is 0 Å². The molecule has 1 aromatic rings. The standard InChI is InChI=1S/C17H28N2O3S/c1-14-12-16(22-3)13-15(2)17(14)23(20,21)18-8-7-11-19-9-5-4-6-10-19/h12-13,18H,4-11H2,1-3H3. The lowest BCUT2D eigenvalue weighted by atomic mass is 10.1. The summed E-state index contributed by atoms with van der Waals surface area (Å²) in [6, 6.07) is 3.52. The van der Waals surface area contributed by atoms with Crippen molar-refractivity contribution in [1.82, 2.24) is 9.62 Å². The van der Waals surface area contributed by atoms with Gasteiger partial charge in [-0.1, -0.05) is 6.42 Å². The maximum Gasteiger partial charge on any atom is 0.241 e. The van der Waals surface area contributed by atoms with E-state index in [-0.39, 0.29) is 0 Å². The third-order valence-corrected chi connectivity index (χ3v) is 6.10. The zero-order valence-corrected chi connectivity index (χ0v) is 15.2. The Balaban J connectivity index is 1.93. The van der Waals surface area contributed by atoms with Crippen molar-refractivity contribution < 1.29 is 13.2 Å². The van der Waals surface area contributed by atoms with Gasteiger partial charge in [0, 0.05) is 6.54 Å². The van der Waals surface area contributed by atoms with Gasteiger partial charge in [-0.25, -0.2) is 13.1 Å². The molecule has 0 spiro atoms. The fourth-order valence-corrected chi connectivity index (χ4v) is 4.74. The first-order chi connectivity index (χ1) is 10.9. The van der Waals surface area contributed by atoms with E-state index in [9.17, 15) is 8.42 Å². The summed E-state index contributed by atoms with van der Waals surface area (Å²) in [5.74, 6) is 0.684. The Morgan fingerprint density at radius 3 is 2.30 bits per heavy atom. The van der Waals surface area contributed by atoms with Gasteiger partial charge in [0.25, 0.3) is 0 Å². The summed E-state index contributed by atoms with van der Waals surface area (Å²) in [6.07, 6.45) is 4.68. The number of sulfonamides is 1. The molecule has 1 fully saturated rings. The quantitative estimate of drug-likeness (QED) is 0.775. The molecule has 23 heavy (non-hydrogen) atoms. The molecule has 0 aliphatic carbocycles. The number of hydrogen-bond donors (Lipinski definition) is 1. The molecule has 0 amide bonds. The molecule has 130 valence electrons. The minimum Gasteiger partial charge on any atom is -0.497 e. The molecule has 0 unspecified atom stereocenters. The smallest absolute Gasteiger partial charge is 0.241 e. The number of benzene rings is 1. The molecular weight excluding hydrogens is 312 g/mol. The predicted molar refractivity (Wildman–Crippen MR) is 92.6 cm³/mol. The van der Waals surface area contributed by atoms with Crippen LogP contribution in [0.15, 0.2) is 17.0 Å². The van der Waals surface area contributed by atoms with Gasteiger partial charge >= 0.3 is 0 Å². The van der Waals surface area contributed by atoms with Crippen molar-refractivity contribution in [2.24, 2.45) is 0 Å². The highest BCUT2D eigenvalue weighted by Crippen LogP contribution is 2.25. The van der Waals surface area contributed by atoms with Gasteiger partial charge in [-0.15, -0.1) is 0 Å². The van der Waals surface area contributed by atoms with Crippen LogP contribution >= 0.6 is 0 Å². The summed E-state index contributed by atoms with van der Waals surface area (Å²) in [5, 5.41) is 0. The summed E-state index contributed by atoms with van der Waals surface area (Å²) < 4.78 is 33.0. The number of aryl methyl sites for hydroxylation is 2. The van der Waals surface area contributed by atoms with Crippen LogP contribution in [-0.2, 0) is 10.0 Å². The summed E-state index contributed by atoms with van der Waals surface area (Å²) in [6.45, 7) is 7.33. The van der Waals surface area contributed by atoms with E-state index in [2.05, 4.69) is 9.62 Å². The first-order valence-corrected chi connectivity index (χ1v) is 9.79. The van der Waals surface area contributed by atoms with Crippen molar-refractivity contribution in [2.45, 2.75) is 44.4 Å². The number of ether oxygens (including phenoxy) is 1. The van der Waals surface area contributed by atoms with Gasteiger partial charge in [-0.05, 0) is 76.0 Å². The molecule has 1 aromatic carbocycles. The summed E-state index contributed by atoms with van der Waals surface area (Å²) in [7, 11) is -1.89. The molecular formula is C17H28N2O3S.